The predicted molar refractivity (Wildman–Crippen MR) is 107 cm³/mol. The molecule has 4 aromatic carbocycles. The first-order chi connectivity index (χ1) is 12.3. The van der Waals surface area contributed by atoms with Crippen LogP contribution in [0, 0.1) is 0 Å². The molecule has 0 aliphatic carbocycles. The van der Waals surface area contributed by atoms with Crippen molar-refractivity contribution in [1.29, 1.82) is 0 Å². The summed E-state index contributed by atoms with van der Waals surface area (Å²) in [5.74, 6) is 0. The van der Waals surface area contributed by atoms with Gasteiger partial charge in [0.2, 0.25) is 0 Å². The van der Waals surface area contributed by atoms with Crippen LogP contribution in [-0.2, 0) is 7.05 Å². The van der Waals surface area contributed by atoms with E-state index in [4.69, 9.17) is 0 Å². The van der Waals surface area contributed by atoms with Crippen molar-refractivity contribution in [1.82, 2.24) is 9.55 Å². The minimum Gasteiger partial charge on any atom is -0.354 e. The normalized spacial score (nSPS) is 12.2. The number of fused-ring (bicyclic) bond motifs is 7. The van der Waals surface area contributed by atoms with E-state index in [1.165, 1.54) is 54.4 Å². The Labute approximate surface area is 144 Å². The van der Waals surface area contributed by atoms with Gasteiger partial charge in [0.15, 0.2) is 0 Å². The lowest BCUT2D eigenvalue weighted by atomic mass is 10.1. The van der Waals surface area contributed by atoms with Crippen molar-refractivity contribution in [2.75, 3.05) is 0 Å². The van der Waals surface area contributed by atoms with Gasteiger partial charge in [0, 0.05) is 50.7 Å². The van der Waals surface area contributed by atoms with E-state index in [0.29, 0.717) is 0 Å². The van der Waals surface area contributed by atoms with Crippen molar-refractivity contribution in [2.45, 2.75) is 0 Å². The largest absolute Gasteiger partial charge is 0.354 e. The highest BCUT2D eigenvalue weighted by Gasteiger charge is 2.12. The molecule has 2 heteroatoms. The van der Waals surface area contributed by atoms with Gasteiger partial charge in [0.05, 0.1) is 0 Å². The van der Waals surface area contributed by atoms with Crippen LogP contribution in [0.1, 0.15) is 0 Å². The van der Waals surface area contributed by atoms with E-state index >= 15 is 0 Å². The summed E-state index contributed by atoms with van der Waals surface area (Å²) in [6.07, 6.45) is 0. The van der Waals surface area contributed by atoms with Crippen LogP contribution in [0.3, 0.4) is 0 Å². The van der Waals surface area contributed by atoms with Crippen LogP contribution in [0.15, 0.2) is 72.8 Å². The summed E-state index contributed by atoms with van der Waals surface area (Å²) in [6.45, 7) is 0. The van der Waals surface area contributed by atoms with E-state index in [0.717, 1.165) is 0 Å². The van der Waals surface area contributed by atoms with Gasteiger partial charge in [-0.25, -0.2) is 0 Å². The summed E-state index contributed by atoms with van der Waals surface area (Å²) < 4.78 is 2.32. The first-order valence-corrected chi connectivity index (χ1v) is 8.61. The maximum absolute atomic E-state index is 3.57. The van der Waals surface area contributed by atoms with Crippen LogP contribution in [-0.4, -0.2) is 9.55 Å². The third-order valence-electron chi connectivity index (χ3n) is 5.50. The molecule has 25 heavy (non-hydrogen) atoms. The van der Waals surface area contributed by atoms with Crippen molar-refractivity contribution < 1.29 is 0 Å². The molecule has 6 rings (SSSR count). The van der Waals surface area contributed by atoms with Crippen LogP contribution in [0.5, 0.6) is 0 Å². The molecule has 118 valence electrons. The van der Waals surface area contributed by atoms with Crippen molar-refractivity contribution in [3.05, 3.63) is 72.8 Å². The van der Waals surface area contributed by atoms with Gasteiger partial charge in [0.1, 0.15) is 0 Å². The second kappa shape index (κ2) is 4.42. The molecule has 0 unspecified atom stereocenters. The number of aryl methyl sites for hydroxylation is 1. The third-order valence-corrected chi connectivity index (χ3v) is 5.50. The zero-order valence-corrected chi connectivity index (χ0v) is 13.9. The van der Waals surface area contributed by atoms with E-state index in [-0.39, 0.29) is 0 Å². The van der Waals surface area contributed by atoms with E-state index in [1.54, 1.807) is 0 Å². The second-order valence-corrected chi connectivity index (χ2v) is 6.86. The Hall–Kier alpha value is -3.26. The fraction of sp³-hybridized carbons (Fsp3) is 0.0435. The van der Waals surface area contributed by atoms with E-state index in [1.807, 2.05) is 0 Å². The molecule has 2 aromatic heterocycles. The molecular formula is C23H16N2. The maximum atomic E-state index is 3.57. The first kappa shape index (κ1) is 13.1. The van der Waals surface area contributed by atoms with Gasteiger partial charge in [-0.05, 0) is 41.1 Å². The number of nitrogens with one attached hydrogen (secondary N) is 1. The first-order valence-electron chi connectivity index (χ1n) is 8.61. The van der Waals surface area contributed by atoms with Crippen molar-refractivity contribution in [3.8, 4) is 0 Å². The van der Waals surface area contributed by atoms with Crippen LogP contribution < -0.4 is 0 Å². The van der Waals surface area contributed by atoms with Crippen LogP contribution in [0.25, 0.3) is 54.4 Å². The van der Waals surface area contributed by atoms with Gasteiger partial charge in [-0.1, -0.05) is 42.5 Å². The Bertz CT molecular complexity index is 1450. The van der Waals surface area contributed by atoms with E-state index in [2.05, 4.69) is 89.4 Å². The molecular weight excluding hydrogens is 304 g/mol. The lowest BCUT2D eigenvalue weighted by Gasteiger charge is -2.00. The number of aromatic nitrogens is 2. The molecule has 0 saturated carbocycles. The van der Waals surface area contributed by atoms with E-state index in [9.17, 15) is 0 Å². The second-order valence-electron chi connectivity index (χ2n) is 6.86. The molecule has 0 aliphatic rings. The minimum atomic E-state index is 1.20. The Balaban J connectivity index is 1.85. The van der Waals surface area contributed by atoms with Crippen LogP contribution >= 0.6 is 0 Å². The number of nitrogens with zero attached hydrogens (tertiary/aromatic N) is 1. The molecule has 0 spiro atoms. The number of benzene rings is 4. The maximum Gasteiger partial charge on any atom is 0.0496 e. The van der Waals surface area contributed by atoms with Crippen molar-refractivity contribution in [3.63, 3.8) is 0 Å². The summed E-state index contributed by atoms with van der Waals surface area (Å²) in [5.41, 5.74) is 4.96. The topological polar surface area (TPSA) is 20.7 Å². The van der Waals surface area contributed by atoms with Crippen molar-refractivity contribution in [2.24, 2.45) is 7.05 Å². The molecule has 0 fully saturated rings. The highest BCUT2D eigenvalue weighted by molar-refractivity contribution is 6.19. The van der Waals surface area contributed by atoms with E-state index < -0.39 is 0 Å². The molecule has 1 N–H and O–H groups in total. The van der Waals surface area contributed by atoms with Crippen LogP contribution in [0.2, 0.25) is 0 Å². The Kier molecular flexibility index (Phi) is 2.31. The third kappa shape index (κ3) is 1.64. The summed E-state index contributed by atoms with van der Waals surface area (Å²) in [4.78, 5) is 3.57. The lowest BCUT2D eigenvalue weighted by molar-refractivity contribution is 1.02. The number of para-hydroxylation sites is 1. The van der Waals surface area contributed by atoms with Gasteiger partial charge in [0.25, 0.3) is 0 Å². The molecule has 0 bridgehead atoms. The summed E-state index contributed by atoms with van der Waals surface area (Å²) in [5, 5.41) is 7.78. The molecule has 2 heterocycles. The summed E-state index contributed by atoms with van der Waals surface area (Å²) >= 11 is 0. The SMILES string of the molecule is Cn1c2cc3ccccc3cc2c2cc3[nH]c4ccccc4c3cc21. The number of hydrogen-bond donors (Lipinski definition) is 1. The summed E-state index contributed by atoms with van der Waals surface area (Å²) in [6, 6.07) is 26.4. The minimum absolute atomic E-state index is 1.20. The van der Waals surface area contributed by atoms with Gasteiger partial charge in [-0.3, -0.25) is 0 Å². The molecule has 0 amide bonds. The zero-order chi connectivity index (χ0) is 16.5. The fourth-order valence-corrected chi connectivity index (χ4v) is 4.23. The highest BCUT2D eigenvalue weighted by atomic mass is 14.9. The highest BCUT2D eigenvalue weighted by Crippen LogP contribution is 2.36. The lowest BCUT2D eigenvalue weighted by Crippen LogP contribution is -1.86. The Morgan fingerprint density at radius 1 is 0.600 bits per heavy atom. The number of rotatable bonds is 0. The van der Waals surface area contributed by atoms with Gasteiger partial charge in [-0.15, -0.1) is 0 Å². The smallest absolute Gasteiger partial charge is 0.0496 e. The molecule has 6 aromatic rings. The average molecular weight is 320 g/mol. The quantitative estimate of drug-likeness (QED) is 0.348. The monoisotopic (exact) mass is 320 g/mol. The number of aromatic amines is 1. The van der Waals surface area contributed by atoms with Crippen molar-refractivity contribution >= 4 is 54.4 Å². The fourth-order valence-electron chi connectivity index (χ4n) is 4.23. The standard InChI is InChI=1S/C23H16N2/c1-25-22-11-15-7-3-2-6-14(15)10-18(22)19-12-21-17(13-23(19)25)16-8-4-5-9-20(16)24-21/h2-13,24H,1H3. The predicted octanol–water partition coefficient (Wildman–Crippen LogP) is 6.12. The zero-order valence-electron chi connectivity index (χ0n) is 13.9. The van der Waals surface area contributed by atoms with Gasteiger partial charge in [-0.2, -0.15) is 0 Å². The molecule has 0 aliphatic heterocycles. The molecule has 0 saturated heterocycles. The number of H-pyrrole nitrogens is 1. The molecule has 0 atom stereocenters. The number of hydrogen-bond acceptors (Lipinski definition) is 0. The molecule has 0 radical (unpaired) electrons. The average Bonchev–Trinajstić information content (AvgIpc) is 3.14. The van der Waals surface area contributed by atoms with Gasteiger partial charge < -0.3 is 9.55 Å². The van der Waals surface area contributed by atoms with Gasteiger partial charge >= 0.3 is 0 Å². The Morgan fingerprint density at radius 2 is 1.28 bits per heavy atom. The molecule has 2 nitrogen and oxygen atoms in total. The van der Waals surface area contributed by atoms with Crippen LogP contribution in [0.4, 0.5) is 0 Å². The summed E-state index contributed by atoms with van der Waals surface area (Å²) in [7, 11) is 2.17. The Morgan fingerprint density at radius 3 is 2.16 bits per heavy atom.